The second-order valence-electron chi connectivity index (χ2n) is 6.53. The molecule has 0 fully saturated rings. The van der Waals surface area contributed by atoms with Crippen molar-refractivity contribution in [2.75, 3.05) is 11.9 Å². The molecule has 0 atom stereocenters. The van der Waals surface area contributed by atoms with Crippen LogP contribution in [0.4, 0.5) is 5.69 Å². The smallest absolute Gasteiger partial charge is 0.255 e. The molecule has 0 aliphatic carbocycles. The zero-order valence-electron chi connectivity index (χ0n) is 16.9. The minimum atomic E-state index is -0.112. The van der Waals surface area contributed by atoms with E-state index in [-0.39, 0.29) is 5.91 Å². The van der Waals surface area contributed by atoms with Gasteiger partial charge in [-0.1, -0.05) is 55.3 Å². The minimum Gasteiger partial charge on any atom is -0.494 e. The second-order valence-corrected chi connectivity index (χ2v) is 6.53. The summed E-state index contributed by atoms with van der Waals surface area (Å²) in [7, 11) is 0. The highest BCUT2D eigenvalue weighted by molar-refractivity contribution is 6.04. The predicted octanol–water partition coefficient (Wildman–Crippen LogP) is 6.56. The Morgan fingerprint density at radius 3 is 2.19 bits per heavy atom. The molecule has 0 aliphatic rings. The van der Waals surface area contributed by atoms with Crippen molar-refractivity contribution in [1.29, 1.82) is 0 Å². The number of nitrogens with one attached hydrogen (secondary N) is 1. The van der Waals surface area contributed by atoms with E-state index in [0.29, 0.717) is 12.2 Å². The number of benzene rings is 2. The molecule has 0 radical (unpaired) electrons. The predicted molar refractivity (Wildman–Crippen MR) is 116 cm³/mol. The van der Waals surface area contributed by atoms with Crippen molar-refractivity contribution >= 4 is 11.6 Å². The maximum absolute atomic E-state index is 12.1. The van der Waals surface area contributed by atoms with Gasteiger partial charge in [-0.15, -0.1) is 0 Å². The Balaban J connectivity index is 0.000000527. The average Bonchev–Trinajstić information content (AvgIpc) is 2.65. The number of anilines is 1. The monoisotopic (exact) mass is 365 g/mol. The fourth-order valence-corrected chi connectivity index (χ4v) is 2.11. The molecule has 27 heavy (non-hydrogen) atoms. The maximum atomic E-state index is 12.1. The summed E-state index contributed by atoms with van der Waals surface area (Å²) in [5.41, 5.74) is 3.89. The lowest BCUT2D eigenvalue weighted by atomic mass is 10.2. The molecule has 2 aromatic carbocycles. The Morgan fingerprint density at radius 2 is 1.70 bits per heavy atom. The fourth-order valence-electron chi connectivity index (χ4n) is 2.11. The van der Waals surface area contributed by atoms with E-state index in [1.807, 2.05) is 63.2 Å². The third-order valence-corrected chi connectivity index (χ3v) is 3.64. The van der Waals surface area contributed by atoms with Gasteiger partial charge in [-0.05, 0) is 63.6 Å². The van der Waals surface area contributed by atoms with Gasteiger partial charge < -0.3 is 10.1 Å². The van der Waals surface area contributed by atoms with Gasteiger partial charge in [0.05, 0.1) is 6.61 Å². The number of aryl methyl sites for hydroxylation is 1. The summed E-state index contributed by atoms with van der Waals surface area (Å²) in [6.45, 7) is 12.5. The van der Waals surface area contributed by atoms with Gasteiger partial charge in [0.1, 0.15) is 5.75 Å². The first-order valence-corrected chi connectivity index (χ1v) is 9.33. The molecule has 2 rings (SSSR count). The van der Waals surface area contributed by atoms with Crippen LogP contribution in [0.3, 0.4) is 0 Å². The van der Waals surface area contributed by atoms with Crippen LogP contribution in [0, 0.1) is 6.92 Å². The first kappa shape index (κ1) is 22.2. The molecule has 0 aliphatic heterocycles. The van der Waals surface area contributed by atoms with Crippen LogP contribution < -0.4 is 10.1 Å². The Morgan fingerprint density at radius 1 is 1.07 bits per heavy atom. The average molecular weight is 366 g/mol. The lowest BCUT2D eigenvalue weighted by Gasteiger charge is -2.08. The molecule has 0 saturated carbocycles. The number of carbonyl (C=O) groups is 1. The normalized spacial score (nSPS) is 9.48. The zero-order chi connectivity index (χ0) is 20.1. The number of hydrogen-bond acceptors (Lipinski definition) is 2. The van der Waals surface area contributed by atoms with Crippen LogP contribution in [0.25, 0.3) is 0 Å². The highest BCUT2D eigenvalue weighted by Crippen LogP contribution is 2.15. The first-order valence-electron chi connectivity index (χ1n) is 9.33. The SMILES string of the molecule is C=CC=C(C)C.CCCCOc1ccc(C(=O)Nc2ccc(C)cc2)cc1. The van der Waals surface area contributed by atoms with Crippen molar-refractivity contribution in [3.8, 4) is 5.75 Å². The fraction of sp³-hybridized carbons (Fsp3) is 0.292. The Kier molecular flexibility index (Phi) is 10.3. The summed E-state index contributed by atoms with van der Waals surface area (Å²) >= 11 is 0. The molecule has 3 heteroatoms. The van der Waals surface area contributed by atoms with Crippen LogP contribution in [0.15, 0.2) is 72.8 Å². The number of carbonyl (C=O) groups excluding carboxylic acids is 1. The quantitative estimate of drug-likeness (QED) is 0.445. The van der Waals surface area contributed by atoms with Gasteiger partial charge in [-0.25, -0.2) is 0 Å². The van der Waals surface area contributed by atoms with Crippen molar-refractivity contribution in [2.45, 2.75) is 40.5 Å². The van der Waals surface area contributed by atoms with E-state index in [2.05, 4.69) is 18.8 Å². The Labute approximate surface area is 163 Å². The van der Waals surface area contributed by atoms with E-state index < -0.39 is 0 Å². The molecule has 0 bridgehead atoms. The minimum absolute atomic E-state index is 0.112. The van der Waals surface area contributed by atoms with E-state index in [1.165, 1.54) is 11.1 Å². The van der Waals surface area contributed by atoms with E-state index in [1.54, 1.807) is 18.2 Å². The summed E-state index contributed by atoms with van der Waals surface area (Å²) in [5, 5.41) is 2.88. The van der Waals surface area contributed by atoms with Gasteiger partial charge in [0.15, 0.2) is 0 Å². The highest BCUT2D eigenvalue weighted by Gasteiger charge is 2.06. The molecular formula is C24H31NO2. The molecule has 0 unspecified atom stereocenters. The van der Waals surface area contributed by atoms with Gasteiger partial charge in [-0.3, -0.25) is 4.79 Å². The molecule has 0 heterocycles. The molecular weight excluding hydrogens is 334 g/mol. The van der Waals surface area contributed by atoms with Crippen molar-refractivity contribution in [1.82, 2.24) is 0 Å². The molecule has 3 nitrogen and oxygen atoms in total. The van der Waals surface area contributed by atoms with Crippen LogP contribution in [0.2, 0.25) is 0 Å². The number of amides is 1. The lowest BCUT2D eigenvalue weighted by molar-refractivity contribution is 0.102. The Bertz CT molecular complexity index is 724. The molecule has 1 amide bonds. The van der Waals surface area contributed by atoms with Crippen LogP contribution in [-0.4, -0.2) is 12.5 Å². The largest absolute Gasteiger partial charge is 0.494 e. The van der Waals surface area contributed by atoms with Crippen LogP contribution in [-0.2, 0) is 0 Å². The number of allylic oxidation sites excluding steroid dienone is 3. The topological polar surface area (TPSA) is 38.3 Å². The van der Waals surface area contributed by atoms with Crippen molar-refractivity contribution in [3.63, 3.8) is 0 Å². The summed E-state index contributed by atoms with van der Waals surface area (Å²) in [6, 6.07) is 15.0. The summed E-state index contributed by atoms with van der Waals surface area (Å²) in [4.78, 5) is 12.1. The third kappa shape index (κ3) is 9.45. The van der Waals surface area contributed by atoms with Crippen molar-refractivity contribution < 1.29 is 9.53 Å². The molecule has 2 aromatic rings. The van der Waals surface area contributed by atoms with Gasteiger partial charge in [0, 0.05) is 11.3 Å². The summed E-state index contributed by atoms with van der Waals surface area (Å²) in [5.74, 6) is 0.689. The van der Waals surface area contributed by atoms with Gasteiger partial charge in [-0.2, -0.15) is 0 Å². The molecule has 1 N–H and O–H groups in total. The van der Waals surface area contributed by atoms with Gasteiger partial charge >= 0.3 is 0 Å². The van der Waals surface area contributed by atoms with E-state index in [4.69, 9.17) is 4.74 Å². The maximum Gasteiger partial charge on any atom is 0.255 e. The number of hydrogen-bond donors (Lipinski definition) is 1. The first-order chi connectivity index (χ1) is 13.0. The third-order valence-electron chi connectivity index (χ3n) is 3.64. The van der Waals surface area contributed by atoms with Gasteiger partial charge in [0.2, 0.25) is 0 Å². The van der Waals surface area contributed by atoms with Crippen LogP contribution in [0.1, 0.15) is 49.5 Å². The summed E-state index contributed by atoms with van der Waals surface area (Å²) < 4.78 is 5.58. The molecule has 0 spiro atoms. The number of unbranched alkanes of at least 4 members (excludes halogenated alkanes) is 1. The standard InChI is InChI=1S/C18H21NO2.C6H10/c1-3-4-13-21-17-11-7-15(8-12-17)18(20)19-16-9-5-14(2)6-10-16;1-4-5-6(2)3/h5-12H,3-4,13H2,1-2H3,(H,19,20);4-5H,1H2,2-3H3. The van der Waals surface area contributed by atoms with E-state index in [9.17, 15) is 4.79 Å². The zero-order valence-corrected chi connectivity index (χ0v) is 16.9. The highest BCUT2D eigenvalue weighted by atomic mass is 16.5. The molecule has 0 aromatic heterocycles. The van der Waals surface area contributed by atoms with Crippen molar-refractivity contribution in [3.05, 3.63) is 84.0 Å². The lowest BCUT2D eigenvalue weighted by Crippen LogP contribution is -2.11. The van der Waals surface area contributed by atoms with Gasteiger partial charge in [0.25, 0.3) is 5.91 Å². The van der Waals surface area contributed by atoms with Crippen molar-refractivity contribution in [2.24, 2.45) is 0 Å². The van der Waals surface area contributed by atoms with Crippen LogP contribution in [0.5, 0.6) is 5.75 Å². The van der Waals surface area contributed by atoms with Crippen LogP contribution >= 0.6 is 0 Å². The molecule has 144 valence electrons. The molecule has 0 saturated heterocycles. The van der Waals surface area contributed by atoms with E-state index in [0.717, 1.165) is 24.3 Å². The second kappa shape index (κ2) is 12.5. The van der Waals surface area contributed by atoms with E-state index >= 15 is 0 Å². The number of rotatable bonds is 7. The summed E-state index contributed by atoms with van der Waals surface area (Å²) in [6.07, 6.45) is 5.90. The number of ether oxygens (including phenoxy) is 1. The Hall–Kier alpha value is -2.81.